The van der Waals surface area contributed by atoms with Crippen molar-refractivity contribution in [2.75, 3.05) is 32.8 Å². The van der Waals surface area contributed by atoms with Gasteiger partial charge < -0.3 is 14.6 Å². The van der Waals surface area contributed by atoms with Gasteiger partial charge in [-0.2, -0.15) is 0 Å². The van der Waals surface area contributed by atoms with Crippen molar-refractivity contribution in [3.05, 3.63) is 0 Å². The van der Waals surface area contributed by atoms with E-state index < -0.39 is 11.9 Å². The maximum Gasteiger partial charge on any atom is 0.306 e. The Kier molecular flexibility index (Phi) is 6.03. The van der Waals surface area contributed by atoms with Gasteiger partial charge in [0.1, 0.15) is 6.29 Å². The van der Waals surface area contributed by atoms with Crippen LogP contribution in [0.15, 0.2) is 0 Å². The van der Waals surface area contributed by atoms with Crippen LogP contribution in [0.2, 0.25) is 0 Å². The molecule has 1 atom stereocenters. The van der Waals surface area contributed by atoms with Crippen molar-refractivity contribution in [2.45, 2.75) is 19.3 Å². The quantitative estimate of drug-likeness (QED) is 0.640. The largest absolute Gasteiger partial charge is 0.481 e. The van der Waals surface area contributed by atoms with E-state index in [4.69, 9.17) is 9.84 Å². The third kappa shape index (κ3) is 4.72. The number of carboxylic acids is 1. The molecule has 1 aliphatic heterocycles. The third-order valence-electron chi connectivity index (χ3n) is 2.86. The molecule has 92 valence electrons. The van der Waals surface area contributed by atoms with Crippen molar-refractivity contribution in [3.8, 4) is 0 Å². The Morgan fingerprint density at radius 2 is 2.12 bits per heavy atom. The van der Waals surface area contributed by atoms with Gasteiger partial charge in [-0.25, -0.2) is 0 Å². The van der Waals surface area contributed by atoms with Gasteiger partial charge in [0.15, 0.2) is 0 Å². The first-order valence-electron chi connectivity index (χ1n) is 5.70. The summed E-state index contributed by atoms with van der Waals surface area (Å²) in [5, 5.41) is 8.85. The van der Waals surface area contributed by atoms with E-state index in [9.17, 15) is 9.59 Å². The minimum absolute atomic E-state index is 0.123. The fourth-order valence-electron chi connectivity index (χ4n) is 1.84. The summed E-state index contributed by atoms with van der Waals surface area (Å²) in [4.78, 5) is 23.3. The van der Waals surface area contributed by atoms with E-state index in [1.54, 1.807) is 0 Å². The van der Waals surface area contributed by atoms with Crippen LogP contribution in [-0.4, -0.2) is 55.1 Å². The highest BCUT2D eigenvalue weighted by Crippen LogP contribution is 2.11. The molecule has 0 radical (unpaired) electrons. The molecule has 1 unspecified atom stereocenters. The van der Waals surface area contributed by atoms with Crippen molar-refractivity contribution >= 4 is 12.3 Å². The van der Waals surface area contributed by atoms with Crippen LogP contribution in [0.4, 0.5) is 0 Å². The Hall–Kier alpha value is -0.940. The summed E-state index contributed by atoms with van der Waals surface area (Å²) >= 11 is 0. The molecule has 0 aliphatic carbocycles. The number of ether oxygens (including phenoxy) is 1. The number of aliphatic carboxylic acids is 1. The zero-order valence-electron chi connectivity index (χ0n) is 9.43. The number of morpholine rings is 1. The highest BCUT2D eigenvalue weighted by atomic mass is 16.5. The van der Waals surface area contributed by atoms with Crippen LogP contribution >= 0.6 is 0 Å². The normalized spacial score (nSPS) is 19.2. The number of hydrogen-bond acceptors (Lipinski definition) is 4. The highest BCUT2D eigenvalue weighted by molar-refractivity contribution is 5.73. The van der Waals surface area contributed by atoms with Crippen molar-refractivity contribution in [2.24, 2.45) is 5.92 Å². The molecule has 5 nitrogen and oxygen atoms in total. The highest BCUT2D eigenvalue weighted by Gasteiger charge is 2.17. The number of carbonyl (C=O) groups is 2. The molecule has 16 heavy (non-hydrogen) atoms. The minimum atomic E-state index is -0.867. The molecular weight excluding hydrogens is 210 g/mol. The summed E-state index contributed by atoms with van der Waals surface area (Å²) in [6.45, 7) is 4.26. The van der Waals surface area contributed by atoms with E-state index in [2.05, 4.69) is 4.90 Å². The van der Waals surface area contributed by atoms with Crippen LogP contribution in [0.3, 0.4) is 0 Å². The van der Waals surface area contributed by atoms with Gasteiger partial charge in [-0.1, -0.05) is 0 Å². The van der Waals surface area contributed by atoms with Gasteiger partial charge in [-0.3, -0.25) is 9.69 Å². The van der Waals surface area contributed by atoms with Gasteiger partial charge in [0.05, 0.1) is 19.1 Å². The van der Waals surface area contributed by atoms with Crippen molar-refractivity contribution in [1.29, 1.82) is 0 Å². The van der Waals surface area contributed by atoms with E-state index in [0.717, 1.165) is 39.3 Å². The Morgan fingerprint density at radius 1 is 1.44 bits per heavy atom. The fraction of sp³-hybridized carbons (Fsp3) is 0.818. The lowest BCUT2D eigenvalue weighted by atomic mass is 10.0. The summed E-state index contributed by atoms with van der Waals surface area (Å²) in [6, 6.07) is 0. The second-order valence-corrected chi connectivity index (χ2v) is 4.03. The lowest BCUT2D eigenvalue weighted by molar-refractivity contribution is -0.143. The molecule has 0 amide bonds. The van der Waals surface area contributed by atoms with Gasteiger partial charge in [0, 0.05) is 19.5 Å². The van der Waals surface area contributed by atoms with Crippen LogP contribution < -0.4 is 0 Å². The average molecular weight is 229 g/mol. The molecule has 0 aromatic heterocycles. The van der Waals surface area contributed by atoms with E-state index >= 15 is 0 Å². The standard InChI is InChI=1S/C11H19NO4/c13-7-3-10(11(14)15)2-1-4-12-5-8-16-9-6-12/h7,10H,1-6,8-9H2,(H,14,15). The number of aldehydes is 1. The second-order valence-electron chi connectivity index (χ2n) is 4.03. The molecule has 0 saturated carbocycles. The molecule has 1 saturated heterocycles. The van der Waals surface area contributed by atoms with Crippen LogP contribution in [-0.2, 0) is 14.3 Å². The van der Waals surface area contributed by atoms with Crippen LogP contribution in [0.1, 0.15) is 19.3 Å². The van der Waals surface area contributed by atoms with Crippen molar-refractivity contribution in [1.82, 2.24) is 4.90 Å². The van der Waals surface area contributed by atoms with E-state index in [1.807, 2.05) is 0 Å². The maximum absolute atomic E-state index is 10.8. The monoisotopic (exact) mass is 229 g/mol. The second kappa shape index (κ2) is 7.35. The minimum Gasteiger partial charge on any atom is -0.481 e. The van der Waals surface area contributed by atoms with E-state index in [-0.39, 0.29) is 6.42 Å². The first-order valence-corrected chi connectivity index (χ1v) is 5.70. The zero-order valence-corrected chi connectivity index (χ0v) is 9.43. The fourth-order valence-corrected chi connectivity index (χ4v) is 1.84. The molecule has 1 N–H and O–H groups in total. The Balaban J connectivity index is 2.16. The SMILES string of the molecule is O=CCC(CCCN1CCOCC1)C(=O)O. The molecule has 1 fully saturated rings. The smallest absolute Gasteiger partial charge is 0.306 e. The predicted molar refractivity (Wildman–Crippen MR) is 58.3 cm³/mol. The summed E-state index contributed by atoms with van der Waals surface area (Å²) in [5.74, 6) is -1.38. The Morgan fingerprint density at radius 3 is 2.69 bits per heavy atom. The summed E-state index contributed by atoms with van der Waals surface area (Å²) < 4.78 is 5.22. The van der Waals surface area contributed by atoms with Crippen molar-refractivity contribution in [3.63, 3.8) is 0 Å². The molecular formula is C11H19NO4. The van der Waals surface area contributed by atoms with Gasteiger partial charge in [0.25, 0.3) is 0 Å². The summed E-state index contributed by atoms with van der Waals surface area (Å²) in [7, 11) is 0. The Labute approximate surface area is 95.4 Å². The molecule has 1 aliphatic rings. The molecule has 0 spiro atoms. The number of hydrogen-bond donors (Lipinski definition) is 1. The molecule has 0 aromatic carbocycles. The summed E-state index contributed by atoms with van der Waals surface area (Å²) in [5.41, 5.74) is 0. The maximum atomic E-state index is 10.8. The van der Waals surface area contributed by atoms with Gasteiger partial charge in [-0.05, 0) is 19.4 Å². The Bertz CT molecular complexity index is 226. The van der Waals surface area contributed by atoms with Crippen molar-refractivity contribution < 1.29 is 19.4 Å². The molecule has 5 heteroatoms. The first kappa shape index (κ1) is 13.1. The van der Waals surface area contributed by atoms with E-state index in [1.165, 1.54) is 0 Å². The third-order valence-corrected chi connectivity index (χ3v) is 2.86. The first-order chi connectivity index (χ1) is 7.74. The lowest BCUT2D eigenvalue weighted by Crippen LogP contribution is -2.37. The number of nitrogens with zero attached hydrogens (tertiary/aromatic N) is 1. The van der Waals surface area contributed by atoms with Gasteiger partial charge in [-0.15, -0.1) is 0 Å². The number of carbonyl (C=O) groups excluding carboxylic acids is 1. The van der Waals surface area contributed by atoms with Crippen LogP contribution in [0.5, 0.6) is 0 Å². The topological polar surface area (TPSA) is 66.8 Å². The van der Waals surface area contributed by atoms with Crippen LogP contribution in [0.25, 0.3) is 0 Å². The zero-order chi connectivity index (χ0) is 11.8. The number of carboxylic acid groups (broad SMARTS) is 1. The summed E-state index contributed by atoms with van der Waals surface area (Å²) in [6.07, 6.45) is 2.21. The molecule has 1 heterocycles. The molecule has 0 bridgehead atoms. The van der Waals surface area contributed by atoms with Gasteiger partial charge in [0.2, 0.25) is 0 Å². The lowest BCUT2D eigenvalue weighted by Gasteiger charge is -2.26. The van der Waals surface area contributed by atoms with Gasteiger partial charge >= 0.3 is 5.97 Å². The molecule has 0 aromatic rings. The number of rotatable bonds is 7. The molecule has 1 rings (SSSR count). The van der Waals surface area contributed by atoms with E-state index in [0.29, 0.717) is 12.7 Å². The van der Waals surface area contributed by atoms with Crippen LogP contribution in [0, 0.1) is 5.92 Å². The average Bonchev–Trinajstić information content (AvgIpc) is 2.29. The predicted octanol–water partition coefficient (Wildman–Crippen LogP) is 0.389.